The number of halogens is 7. The molecule has 7 unspecified atom stereocenters. The fourth-order valence-corrected chi connectivity index (χ4v) is 17.2. The number of hydrogen-bond donors (Lipinski definition) is 4. The minimum absolute atomic E-state index is 0.0126. The van der Waals surface area contributed by atoms with Crippen LogP contribution in [0, 0.1) is 48.1 Å². The van der Waals surface area contributed by atoms with E-state index in [1.54, 1.807) is 66.0 Å². The average Bonchev–Trinajstić information content (AvgIpc) is 1.23. The zero-order valence-electron chi connectivity index (χ0n) is 74.8. The van der Waals surface area contributed by atoms with Gasteiger partial charge in [0.25, 0.3) is 17.1 Å². The van der Waals surface area contributed by atoms with E-state index in [4.69, 9.17) is 20.7 Å². The zero-order valence-corrected chi connectivity index (χ0v) is 83.6. The summed E-state index contributed by atoms with van der Waals surface area (Å²) < 4.78 is 46.8. The SMILES string of the molecule is CC(C(=O)CC1CC1)c1ccc(-c2ccsc2)c(CC(=O)Cc2cccc(C(F)(F)F)c2)c1.CC(C(=O)CC1CC1)c1ccc(-c2ccsc2)c([N+](=O)[O-])c1.CC(C(=O)CC1CC1)c1ccc(Br)c([N+](=O)[O-])c1.CC(C(=O)NC1CC1)c1ccc(-c2ccsc2)c(N)c1.CC(C(=O)O)c1ccc(Br)c([N+](=O)[O-])c1.CC(C(=O)O)c1ccc(Br)cc1.CCOC(=O)C(C)c1ccc(Br)cc1. The lowest BCUT2D eigenvalue weighted by molar-refractivity contribution is -0.385. The van der Waals surface area contributed by atoms with Crippen molar-refractivity contribution in [2.75, 3.05) is 12.3 Å². The number of nitrogens with one attached hydrogen (secondary N) is 1. The minimum atomic E-state index is -4.44. The summed E-state index contributed by atoms with van der Waals surface area (Å²) in [7, 11) is 0. The standard InChI is InChI=1S/C27H25F3O2S.C17H17NO3S.C16H18N2OS.C13H14BrNO3.C11H13BrO2.C9H8BrNO4.C9H9BrO2/c1-17(26(32)13-18-5-6-18)20-7-8-25(21-9-10-33-16-21)22(14-20)15-24(31)12-19-3-2-4-23(11-19)27(28,29)30;1-11(17(19)8-12-2-3-12)13-4-5-15(14-6-7-22-10-14)16(9-13)18(20)21;1-10(16(19)18-13-3-4-13)11-2-5-14(15(17)8-11)12-6-7-20-9-12;1-8(13(16)6-9-2-3-9)10-4-5-11(14)12(7-10)15(17)18;1-3-14-11(13)8(2)9-4-6-10(12)7-5-9;1-5(9(12)13)6-2-3-7(10)8(4-6)11(14)15;1-6(9(11)12)7-2-4-8(10)5-3-7/h2-4,7-11,14,16-18H,5-6,12-13,15H2,1H3;4-7,9-12H,2-3,8H2,1H3;2,5-10,13H,3-4,17H2,1H3,(H,18,19);4-5,7-9H,2-3,6H2,1H3;4-8H,3H2,1-2H3;2-5H,1H3,(H,12,13);2-6H,1H3,(H,11,12). The molecule has 0 aliphatic heterocycles. The first kappa shape index (κ1) is 107. The Labute approximate surface area is 821 Å². The predicted octanol–water partition coefficient (Wildman–Crippen LogP) is 27.6. The Morgan fingerprint density at radius 3 is 1.22 bits per heavy atom. The number of carbonyl (C=O) groups excluding carboxylic acids is 6. The first-order valence-electron chi connectivity index (χ1n) is 43.5. The van der Waals surface area contributed by atoms with Crippen LogP contribution >= 0.6 is 97.7 Å². The monoisotopic (exact) mass is 2140 g/mol. The summed E-state index contributed by atoms with van der Waals surface area (Å²) in [6.07, 6.45) is 6.37. The number of benzene rings is 8. The van der Waals surface area contributed by atoms with Gasteiger partial charge in [-0.05, 0) is 313 Å². The molecule has 0 radical (unpaired) electrons. The largest absolute Gasteiger partial charge is 0.481 e. The van der Waals surface area contributed by atoms with Gasteiger partial charge in [0.15, 0.2) is 0 Å². The third kappa shape index (κ3) is 33.0. The van der Waals surface area contributed by atoms with E-state index in [2.05, 4.69) is 80.5 Å². The van der Waals surface area contributed by atoms with E-state index in [-0.39, 0.29) is 99.4 Å². The first-order chi connectivity index (χ1) is 63.6. The highest BCUT2D eigenvalue weighted by Gasteiger charge is 2.34. The normalized spacial score (nSPS) is 14.5. The van der Waals surface area contributed by atoms with Crippen LogP contribution < -0.4 is 11.1 Å². The molecule has 3 heterocycles. The minimum Gasteiger partial charge on any atom is -0.481 e. The lowest BCUT2D eigenvalue weighted by Gasteiger charge is -2.15. The van der Waals surface area contributed by atoms with Gasteiger partial charge < -0.3 is 26.0 Å². The number of anilines is 1. The molecule has 3 aromatic heterocycles. The van der Waals surface area contributed by atoms with Gasteiger partial charge in [0.2, 0.25) is 5.91 Å². The molecule has 4 aliphatic rings. The van der Waals surface area contributed by atoms with Crippen molar-refractivity contribution in [3.05, 3.63) is 318 Å². The number of aliphatic carboxylic acids is 2. The number of esters is 1. The molecule has 134 heavy (non-hydrogen) atoms. The Bertz CT molecular complexity index is 5930. The molecule has 11 aromatic rings. The Balaban J connectivity index is 0.000000180. The van der Waals surface area contributed by atoms with Crippen LogP contribution in [-0.2, 0) is 62.1 Å². The first-order valence-corrected chi connectivity index (χ1v) is 49.5. The fraction of sp³-hybridized carbons (Fsp3) is 0.333. The molecule has 0 spiro atoms. The number of carbonyl (C=O) groups is 8. The molecule has 4 fully saturated rings. The van der Waals surface area contributed by atoms with Crippen LogP contribution in [-0.4, -0.2) is 84.6 Å². The predicted molar refractivity (Wildman–Crippen MR) is 533 cm³/mol. The summed E-state index contributed by atoms with van der Waals surface area (Å²) in [5.74, 6) is -2.22. The summed E-state index contributed by atoms with van der Waals surface area (Å²) >= 11 is 17.5. The van der Waals surface area contributed by atoms with E-state index in [0.717, 1.165) is 145 Å². The number of nitro benzene ring substituents is 3. The second-order valence-electron chi connectivity index (χ2n) is 33.6. The molecule has 15 rings (SSSR count). The molecular weight excluding hydrogens is 2040 g/mol. The quantitative estimate of drug-likeness (QED) is 0.0132. The number of carboxylic acid groups (broad SMARTS) is 2. The Kier molecular flexibility index (Phi) is 40.4. The van der Waals surface area contributed by atoms with Gasteiger partial charge in [0.1, 0.15) is 23.1 Å². The van der Waals surface area contributed by atoms with E-state index in [0.29, 0.717) is 75.3 Å². The number of ketones is 4. The van der Waals surface area contributed by atoms with Crippen molar-refractivity contribution in [2.24, 2.45) is 17.8 Å². The van der Waals surface area contributed by atoms with Crippen molar-refractivity contribution in [3.8, 4) is 33.4 Å². The number of Topliss-reactive ketones (excluding diaryl/α,β-unsaturated/α-hetero) is 4. The van der Waals surface area contributed by atoms with Crippen LogP contribution in [0.3, 0.4) is 0 Å². The lowest BCUT2D eigenvalue weighted by atomic mass is 9.88. The summed E-state index contributed by atoms with van der Waals surface area (Å²) in [5, 5.41) is 65.2. The second-order valence-corrected chi connectivity index (χ2v) is 39.4. The van der Waals surface area contributed by atoms with Crippen molar-refractivity contribution in [2.45, 2.75) is 193 Å². The second kappa shape index (κ2) is 50.6. The summed E-state index contributed by atoms with van der Waals surface area (Å²) in [4.78, 5) is 126. The lowest BCUT2D eigenvalue weighted by Crippen LogP contribution is -2.29. The van der Waals surface area contributed by atoms with Gasteiger partial charge >= 0.3 is 24.1 Å². The van der Waals surface area contributed by atoms with Crippen LogP contribution in [0.5, 0.6) is 0 Å². The highest BCUT2D eigenvalue weighted by Crippen LogP contribution is 2.42. The number of carboxylic acids is 2. The highest BCUT2D eigenvalue weighted by atomic mass is 79.9. The molecule has 8 aromatic carbocycles. The van der Waals surface area contributed by atoms with Gasteiger partial charge in [-0.25, -0.2) is 0 Å². The molecule has 4 aliphatic carbocycles. The van der Waals surface area contributed by atoms with Gasteiger partial charge in [-0.15, -0.1) is 0 Å². The molecule has 22 nitrogen and oxygen atoms in total. The van der Waals surface area contributed by atoms with E-state index >= 15 is 0 Å². The number of alkyl halides is 3. The van der Waals surface area contributed by atoms with Crippen molar-refractivity contribution in [1.29, 1.82) is 0 Å². The summed E-state index contributed by atoms with van der Waals surface area (Å²) in [6.45, 7) is 14.7. The number of thiophene rings is 3. The van der Waals surface area contributed by atoms with Crippen molar-refractivity contribution in [1.82, 2.24) is 5.32 Å². The number of hydrogen-bond acceptors (Lipinski definition) is 19. The van der Waals surface area contributed by atoms with Crippen LogP contribution in [0.25, 0.3) is 33.4 Å². The van der Waals surface area contributed by atoms with Gasteiger partial charge in [0.05, 0.1) is 65.1 Å². The van der Waals surface area contributed by atoms with E-state index in [1.165, 1.54) is 42.5 Å². The third-order valence-electron chi connectivity index (χ3n) is 23.2. The van der Waals surface area contributed by atoms with Crippen molar-refractivity contribution in [3.63, 3.8) is 0 Å². The number of amides is 1. The number of rotatable bonds is 32. The maximum atomic E-state index is 13.0. The molecule has 0 bridgehead atoms. The average molecular weight is 2140 g/mol. The Morgan fingerprint density at radius 1 is 0.448 bits per heavy atom. The van der Waals surface area contributed by atoms with Crippen molar-refractivity contribution < 1.29 is 81.2 Å². The number of nitrogens with zero attached hydrogens (tertiary/aromatic N) is 3. The number of nitrogen functional groups attached to an aromatic ring is 1. The van der Waals surface area contributed by atoms with E-state index < -0.39 is 45.4 Å². The van der Waals surface area contributed by atoms with E-state index in [9.17, 15) is 81.9 Å². The van der Waals surface area contributed by atoms with Crippen LogP contribution in [0.4, 0.5) is 35.9 Å². The maximum Gasteiger partial charge on any atom is 0.416 e. The smallest absolute Gasteiger partial charge is 0.416 e. The zero-order chi connectivity index (χ0) is 97.9. The number of nitrogens with two attached hydrogens (primary N) is 1. The number of ether oxygens (including phenoxy) is 1. The summed E-state index contributed by atoms with van der Waals surface area (Å²) in [5.41, 5.74) is 18.3. The highest BCUT2D eigenvalue weighted by molar-refractivity contribution is 9.11. The summed E-state index contributed by atoms with van der Waals surface area (Å²) in [6, 6.07) is 52.3. The van der Waals surface area contributed by atoms with Gasteiger partial charge in [-0.2, -0.15) is 47.2 Å². The Hall–Kier alpha value is -10.9. The van der Waals surface area contributed by atoms with Crippen LogP contribution in [0.15, 0.2) is 232 Å². The molecule has 7 atom stereocenters. The molecule has 1 amide bonds. The van der Waals surface area contributed by atoms with Crippen LogP contribution in [0.1, 0.15) is 223 Å². The molecule has 32 heteroatoms. The molecule has 4 saturated carbocycles. The topological polar surface area (TPSA) is 354 Å². The fourth-order valence-electron chi connectivity index (χ4n) is 13.9. The van der Waals surface area contributed by atoms with Gasteiger partial charge in [-0.3, -0.25) is 68.7 Å². The van der Waals surface area contributed by atoms with E-state index in [1.807, 2.05) is 172 Å². The van der Waals surface area contributed by atoms with Gasteiger partial charge in [0, 0.05) is 94.3 Å². The van der Waals surface area contributed by atoms with Crippen LogP contribution in [0.2, 0.25) is 0 Å². The molecule has 5 N–H and O–H groups in total. The molecule has 706 valence electrons. The molecular formula is C102H104Br4F3N5O17S3. The van der Waals surface area contributed by atoms with Gasteiger partial charge in [-0.1, -0.05) is 144 Å². The third-order valence-corrected chi connectivity index (χ3v) is 27.7. The van der Waals surface area contributed by atoms with Crippen molar-refractivity contribution >= 4 is 167 Å². The Morgan fingerprint density at radius 2 is 0.821 bits per heavy atom. The molecule has 0 saturated heterocycles. The number of nitro groups is 3. The maximum absolute atomic E-state index is 13.0.